The molecule has 1 aromatic carbocycles. The smallest absolute Gasteiger partial charge is 0.159 e. The normalized spacial score (nSPS) is 14.5. The second kappa shape index (κ2) is 7.47. The zero-order valence-corrected chi connectivity index (χ0v) is 11.5. The molecule has 0 fully saturated rings. The van der Waals surface area contributed by atoms with Crippen molar-refractivity contribution in [1.82, 2.24) is 5.32 Å². The first-order valence-corrected chi connectivity index (χ1v) is 6.75. The predicted octanol–water partition coefficient (Wildman–Crippen LogP) is 3.92. The van der Waals surface area contributed by atoms with Gasteiger partial charge in [-0.05, 0) is 49.4 Å². The summed E-state index contributed by atoms with van der Waals surface area (Å²) in [5.41, 5.74) is 0.859. The number of nitrogens with one attached hydrogen (secondary N) is 1. The van der Waals surface area contributed by atoms with E-state index in [1.807, 2.05) is 0 Å². The second-order valence-corrected chi connectivity index (χ2v) is 4.90. The highest BCUT2D eigenvalue weighted by molar-refractivity contribution is 5.18. The molecule has 0 heterocycles. The van der Waals surface area contributed by atoms with Crippen LogP contribution in [0.2, 0.25) is 0 Å². The van der Waals surface area contributed by atoms with Crippen LogP contribution in [0.3, 0.4) is 0 Å². The Morgan fingerprint density at radius 2 is 1.89 bits per heavy atom. The molecular formula is C15H23F2N. The molecule has 0 aliphatic rings. The number of rotatable bonds is 7. The van der Waals surface area contributed by atoms with Crippen molar-refractivity contribution >= 4 is 0 Å². The van der Waals surface area contributed by atoms with Crippen LogP contribution in [0.15, 0.2) is 18.2 Å². The van der Waals surface area contributed by atoms with E-state index in [1.165, 1.54) is 12.1 Å². The molecule has 3 heteroatoms. The Hall–Kier alpha value is -0.960. The molecule has 18 heavy (non-hydrogen) atoms. The van der Waals surface area contributed by atoms with Gasteiger partial charge in [0.2, 0.25) is 0 Å². The molecule has 0 aromatic heterocycles. The fraction of sp³-hybridized carbons (Fsp3) is 0.600. The van der Waals surface area contributed by atoms with E-state index in [-0.39, 0.29) is 0 Å². The fourth-order valence-electron chi connectivity index (χ4n) is 2.26. The highest BCUT2D eigenvalue weighted by atomic mass is 19.2. The summed E-state index contributed by atoms with van der Waals surface area (Å²) in [5.74, 6) is -1.12. The van der Waals surface area contributed by atoms with Crippen LogP contribution in [0, 0.1) is 17.6 Å². The van der Waals surface area contributed by atoms with Crippen molar-refractivity contribution in [2.45, 2.75) is 46.1 Å². The van der Waals surface area contributed by atoms with E-state index in [0.717, 1.165) is 31.4 Å². The van der Waals surface area contributed by atoms with Crippen molar-refractivity contribution in [3.05, 3.63) is 35.4 Å². The Bertz CT molecular complexity index is 366. The molecule has 1 nitrogen and oxygen atoms in total. The van der Waals surface area contributed by atoms with Crippen LogP contribution in [-0.4, -0.2) is 12.6 Å². The largest absolute Gasteiger partial charge is 0.314 e. The average Bonchev–Trinajstić information content (AvgIpc) is 2.35. The van der Waals surface area contributed by atoms with E-state index < -0.39 is 11.6 Å². The van der Waals surface area contributed by atoms with Crippen LogP contribution >= 0.6 is 0 Å². The number of hydrogen-bond acceptors (Lipinski definition) is 1. The molecule has 0 spiro atoms. The van der Waals surface area contributed by atoms with Gasteiger partial charge in [0, 0.05) is 6.04 Å². The van der Waals surface area contributed by atoms with Crippen LogP contribution in [0.25, 0.3) is 0 Å². The quantitative estimate of drug-likeness (QED) is 0.778. The highest BCUT2D eigenvalue weighted by Crippen LogP contribution is 2.16. The van der Waals surface area contributed by atoms with Crippen LogP contribution in [0.4, 0.5) is 8.78 Å². The van der Waals surface area contributed by atoms with Gasteiger partial charge in [-0.3, -0.25) is 0 Å². The third kappa shape index (κ3) is 4.37. The predicted molar refractivity (Wildman–Crippen MR) is 71.6 cm³/mol. The van der Waals surface area contributed by atoms with Crippen LogP contribution in [-0.2, 0) is 6.42 Å². The summed E-state index contributed by atoms with van der Waals surface area (Å²) in [5, 5.41) is 3.50. The lowest BCUT2D eigenvalue weighted by Gasteiger charge is -2.24. The first-order chi connectivity index (χ1) is 8.58. The molecule has 2 unspecified atom stereocenters. The molecule has 1 rings (SSSR count). The minimum absolute atomic E-state index is 0.409. The Morgan fingerprint density at radius 1 is 1.17 bits per heavy atom. The van der Waals surface area contributed by atoms with Gasteiger partial charge in [-0.25, -0.2) is 8.78 Å². The SMILES string of the molecule is CCCNC(CC)C(C)Cc1ccc(F)c(F)c1. The summed E-state index contributed by atoms with van der Waals surface area (Å²) >= 11 is 0. The Balaban J connectivity index is 2.61. The average molecular weight is 255 g/mol. The van der Waals surface area contributed by atoms with Crippen LogP contribution in [0.5, 0.6) is 0 Å². The summed E-state index contributed by atoms with van der Waals surface area (Å²) in [6, 6.07) is 4.61. The zero-order chi connectivity index (χ0) is 13.5. The summed E-state index contributed by atoms with van der Waals surface area (Å²) in [6.07, 6.45) is 2.92. The molecule has 1 N–H and O–H groups in total. The lowest BCUT2D eigenvalue weighted by molar-refractivity contribution is 0.364. The Kier molecular flexibility index (Phi) is 6.27. The number of hydrogen-bond donors (Lipinski definition) is 1. The van der Waals surface area contributed by atoms with E-state index in [0.29, 0.717) is 12.0 Å². The van der Waals surface area contributed by atoms with E-state index in [9.17, 15) is 8.78 Å². The summed E-state index contributed by atoms with van der Waals surface area (Å²) < 4.78 is 26.0. The van der Waals surface area contributed by atoms with E-state index in [2.05, 4.69) is 26.1 Å². The maximum absolute atomic E-state index is 13.1. The molecule has 0 bridgehead atoms. The second-order valence-electron chi connectivity index (χ2n) is 4.90. The van der Waals surface area contributed by atoms with Gasteiger partial charge in [0.05, 0.1) is 0 Å². The maximum Gasteiger partial charge on any atom is 0.159 e. The lowest BCUT2D eigenvalue weighted by atomic mass is 9.92. The molecule has 0 aliphatic carbocycles. The summed E-state index contributed by atoms with van der Waals surface area (Å²) in [6.45, 7) is 7.44. The van der Waals surface area contributed by atoms with E-state index in [1.54, 1.807) is 6.07 Å². The van der Waals surface area contributed by atoms with E-state index in [4.69, 9.17) is 0 Å². The maximum atomic E-state index is 13.1. The first kappa shape index (κ1) is 15.1. The van der Waals surface area contributed by atoms with Gasteiger partial charge in [-0.15, -0.1) is 0 Å². The molecule has 1 aromatic rings. The van der Waals surface area contributed by atoms with Crippen LogP contribution in [0.1, 0.15) is 39.2 Å². The van der Waals surface area contributed by atoms with Gasteiger partial charge in [-0.1, -0.05) is 26.8 Å². The Morgan fingerprint density at radius 3 is 2.44 bits per heavy atom. The van der Waals surface area contributed by atoms with Crippen molar-refractivity contribution in [3.63, 3.8) is 0 Å². The van der Waals surface area contributed by atoms with Gasteiger partial charge < -0.3 is 5.32 Å². The number of halogens is 2. The minimum atomic E-state index is -0.775. The molecule has 0 amide bonds. The van der Waals surface area contributed by atoms with E-state index >= 15 is 0 Å². The van der Waals surface area contributed by atoms with Crippen molar-refractivity contribution in [1.29, 1.82) is 0 Å². The molecule has 0 aliphatic heterocycles. The third-order valence-electron chi connectivity index (χ3n) is 3.32. The molecule has 2 atom stereocenters. The van der Waals surface area contributed by atoms with Gasteiger partial charge in [0.25, 0.3) is 0 Å². The number of benzene rings is 1. The monoisotopic (exact) mass is 255 g/mol. The summed E-state index contributed by atoms with van der Waals surface area (Å²) in [7, 11) is 0. The van der Waals surface area contributed by atoms with Crippen molar-refractivity contribution in [2.75, 3.05) is 6.54 Å². The topological polar surface area (TPSA) is 12.0 Å². The standard InChI is InChI=1S/C15H23F2N/c1-4-8-18-15(5-2)11(3)9-12-6-7-13(16)14(17)10-12/h6-7,10-11,15,18H,4-5,8-9H2,1-3H3. The molecule has 0 radical (unpaired) electrons. The lowest BCUT2D eigenvalue weighted by Crippen LogP contribution is -2.35. The van der Waals surface area contributed by atoms with Crippen molar-refractivity contribution in [2.24, 2.45) is 5.92 Å². The van der Waals surface area contributed by atoms with Gasteiger partial charge in [0.15, 0.2) is 11.6 Å². The third-order valence-corrected chi connectivity index (χ3v) is 3.32. The van der Waals surface area contributed by atoms with Crippen molar-refractivity contribution in [3.8, 4) is 0 Å². The van der Waals surface area contributed by atoms with Crippen molar-refractivity contribution < 1.29 is 8.78 Å². The fourth-order valence-corrected chi connectivity index (χ4v) is 2.26. The molecule has 0 saturated carbocycles. The summed E-state index contributed by atoms with van der Waals surface area (Å²) in [4.78, 5) is 0. The Labute approximate surface area is 109 Å². The zero-order valence-electron chi connectivity index (χ0n) is 11.5. The molecular weight excluding hydrogens is 232 g/mol. The van der Waals surface area contributed by atoms with Gasteiger partial charge in [0.1, 0.15) is 0 Å². The van der Waals surface area contributed by atoms with Crippen LogP contribution < -0.4 is 5.32 Å². The minimum Gasteiger partial charge on any atom is -0.314 e. The van der Waals surface area contributed by atoms with Gasteiger partial charge in [-0.2, -0.15) is 0 Å². The first-order valence-electron chi connectivity index (χ1n) is 6.75. The highest BCUT2D eigenvalue weighted by Gasteiger charge is 2.15. The molecule has 102 valence electrons. The molecule has 0 saturated heterocycles. The van der Waals surface area contributed by atoms with Gasteiger partial charge >= 0.3 is 0 Å².